The second-order valence-corrected chi connectivity index (χ2v) is 8.51. The Morgan fingerprint density at radius 2 is 2.30 bits per heavy atom. The summed E-state index contributed by atoms with van der Waals surface area (Å²) in [6.45, 7) is 5.10. The third-order valence-corrected chi connectivity index (χ3v) is 6.26. The summed E-state index contributed by atoms with van der Waals surface area (Å²) in [6.07, 6.45) is 0.304. The average molecular weight is 394 g/mol. The highest BCUT2D eigenvalue weighted by atomic mass is 31.2. The third-order valence-electron chi connectivity index (χ3n) is 4.63. The number of hydrogen-bond donors (Lipinski definition) is 1. The topological polar surface area (TPSA) is 147 Å². The van der Waals surface area contributed by atoms with E-state index in [0.29, 0.717) is 11.3 Å². The Kier molecular flexibility index (Phi) is 4.21. The number of aromatic nitrogens is 4. The first kappa shape index (κ1) is 18.3. The summed E-state index contributed by atoms with van der Waals surface area (Å²) in [7, 11) is -3.79. The van der Waals surface area contributed by atoms with Crippen LogP contribution in [0.2, 0.25) is 0 Å². The zero-order chi connectivity index (χ0) is 19.4. The van der Waals surface area contributed by atoms with Crippen LogP contribution in [-0.4, -0.2) is 44.5 Å². The van der Waals surface area contributed by atoms with E-state index in [1.165, 1.54) is 17.0 Å². The number of anilines is 1. The third kappa shape index (κ3) is 2.81. The van der Waals surface area contributed by atoms with Crippen LogP contribution in [-0.2, 0) is 22.9 Å². The van der Waals surface area contributed by atoms with Gasteiger partial charge < -0.3 is 10.5 Å². The van der Waals surface area contributed by atoms with Gasteiger partial charge in [-0.1, -0.05) is 0 Å². The second-order valence-electron chi connectivity index (χ2n) is 6.94. The van der Waals surface area contributed by atoms with E-state index in [2.05, 4.69) is 21.1 Å². The van der Waals surface area contributed by atoms with Crippen LogP contribution in [0, 0.1) is 16.7 Å². The molecule has 11 nitrogen and oxygen atoms in total. The van der Waals surface area contributed by atoms with Crippen LogP contribution in [0.3, 0.4) is 0 Å². The van der Waals surface area contributed by atoms with Crippen LogP contribution in [0.4, 0.5) is 5.82 Å². The lowest BCUT2D eigenvalue weighted by atomic mass is 9.80. The lowest BCUT2D eigenvalue weighted by molar-refractivity contribution is -0.0640. The molecule has 5 atom stereocenters. The van der Waals surface area contributed by atoms with Crippen molar-refractivity contribution in [2.75, 3.05) is 12.3 Å². The predicted molar refractivity (Wildman–Crippen MR) is 91.2 cm³/mol. The molecule has 2 fully saturated rings. The molecule has 2 aliphatic rings. The van der Waals surface area contributed by atoms with Crippen molar-refractivity contribution in [1.29, 1.82) is 5.26 Å². The molecule has 144 valence electrons. The van der Waals surface area contributed by atoms with Crippen LogP contribution >= 0.6 is 7.82 Å². The zero-order valence-corrected chi connectivity index (χ0v) is 15.9. The molecule has 0 aliphatic carbocycles. The number of ether oxygens (including phenoxy) is 1. The number of fused-ring (bicyclic) bond motifs is 2. The fourth-order valence-electron chi connectivity index (χ4n) is 3.40. The van der Waals surface area contributed by atoms with Gasteiger partial charge in [0.1, 0.15) is 30.1 Å². The summed E-state index contributed by atoms with van der Waals surface area (Å²) in [5.74, 6) is 0.208. The van der Waals surface area contributed by atoms with Crippen molar-refractivity contribution in [2.24, 2.45) is 5.41 Å². The molecule has 2 aromatic rings. The number of phosphoric ester groups is 1. The maximum atomic E-state index is 12.8. The van der Waals surface area contributed by atoms with Gasteiger partial charge in [-0.05, 0) is 20.8 Å². The summed E-state index contributed by atoms with van der Waals surface area (Å²) in [4.78, 5) is 8.12. The van der Waals surface area contributed by atoms with Gasteiger partial charge >= 0.3 is 7.82 Å². The SMILES string of the molecule is CC(C)OP1(=O)OC[C@H]2O[C@@H](c3cnc4c(N)ncnn34)[C@](C)(C#N)[C@@H]2O1. The molecule has 2 aromatic heterocycles. The average Bonchev–Trinajstić information content (AvgIpc) is 3.15. The minimum absolute atomic E-state index is 0.0176. The van der Waals surface area contributed by atoms with Crippen molar-refractivity contribution in [3.05, 3.63) is 18.2 Å². The Morgan fingerprint density at radius 1 is 1.52 bits per heavy atom. The van der Waals surface area contributed by atoms with Crippen LogP contribution < -0.4 is 5.73 Å². The van der Waals surface area contributed by atoms with E-state index in [4.69, 9.17) is 24.0 Å². The van der Waals surface area contributed by atoms with Crippen LogP contribution in [0.15, 0.2) is 12.5 Å². The number of phosphoric acid groups is 1. The first-order chi connectivity index (χ1) is 12.8. The van der Waals surface area contributed by atoms with E-state index in [-0.39, 0.29) is 18.5 Å². The Hall–Kier alpha value is -2.09. The largest absolute Gasteiger partial charge is 0.475 e. The molecule has 0 saturated carbocycles. The van der Waals surface area contributed by atoms with Crippen molar-refractivity contribution < 1.29 is 22.9 Å². The van der Waals surface area contributed by atoms with Gasteiger partial charge in [0.25, 0.3) is 0 Å². The first-order valence-corrected chi connectivity index (χ1v) is 9.85. The Balaban J connectivity index is 1.73. The molecule has 0 radical (unpaired) electrons. The highest BCUT2D eigenvalue weighted by Crippen LogP contribution is 2.62. The summed E-state index contributed by atoms with van der Waals surface area (Å²) in [6, 6.07) is 2.25. The Morgan fingerprint density at radius 3 is 3.00 bits per heavy atom. The molecule has 2 saturated heterocycles. The fourth-order valence-corrected chi connectivity index (χ4v) is 5.06. The van der Waals surface area contributed by atoms with Crippen molar-refractivity contribution >= 4 is 19.3 Å². The van der Waals surface area contributed by atoms with Gasteiger partial charge in [0.15, 0.2) is 11.5 Å². The molecule has 2 aliphatic heterocycles. The van der Waals surface area contributed by atoms with Crippen LogP contribution in [0.5, 0.6) is 0 Å². The van der Waals surface area contributed by atoms with Crippen molar-refractivity contribution in [2.45, 2.75) is 45.2 Å². The van der Waals surface area contributed by atoms with E-state index in [9.17, 15) is 9.83 Å². The quantitative estimate of drug-likeness (QED) is 0.762. The smallest absolute Gasteiger partial charge is 0.381 e. The number of nitriles is 1. The molecule has 0 bridgehead atoms. The standard InChI is InChI=1S/C15H19N6O5P/c1-8(2)25-27(22)23-5-10-12(26-27)15(3,6-16)11(24-10)9-4-18-14-13(17)19-7-20-21(9)14/h4,7-8,10-12H,5H2,1-3H3,(H2,17,19,20)/t10-,11+,12-,15+,27?/m1/s1. The summed E-state index contributed by atoms with van der Waals surface area (Å²) in [5, 5.41) is 14.1. The van der Waals surface area contributed by atoms with Crippen molar-refractivity contribution in [3.63, 3.8) is 0 Å². The minimum atomic E-state index is -3.79. The van der Waals surface area contributed by atoms with Crippen LogP contribution in [0.25, 0.3) is 5.65 Å². The minimum Gasteiger partial charge on any atom is -0.381 e. The first-order valence-electron chi connectivity index (χ1n) is 8.39. The molecule has 1 unspecified atom stereocenters. The predicted octanol–water partition coefficient (Wildman–Crippen LogP) is 1.62. The Bertz CT molecular complexity index is 973. The summed E-state index contributed by atoms with van der Waals surface area (Å²) < 4.78 is 36.6. The number of imidazole rings is 1. The van der Waals surface area contributed by atoms with E-state index in [1.54, 1.807) is 20.8 Å². The highest BCUT2D eigenvalue weighted by molar-refractivity contribution is 7.48. The molecule has 4 heterocycles. The van der Waals surface area contributed by atoms with Crippen LogP contribution in [0.1, 0.15) is 32.6 Å². The van der Waals surface area contributed by atoms with Gasteiger partial charge in [0.05, 0.1) is 30.7 Å². The second kappa shape index (κ2) is 6.22. The van der Waals surface area contributed by atoms with Gasteiger partial charge in [-0.3, -0.25) is 13.6 Å². The normalized spacial score (nSPS) is 36.0. The number of hydrogen-bond acceptors (Lipinski definition) is 10. The molecule has 0 spiro atoms. The number of rotatable bonds is 3. The molecule has 0 aromatic carbocycles. The molecular formula is C15H19N6O5P. The lowest BCUT2D eigenvalue weighted by Gasteiger charge is -2.34. The Labute approximate surface area is 155 Å². The molecule has 2 N–H and O–H groups in total. The van der Waals surface area contributed by atoms with Crippen molar-refractivity contribution in [3.8, 4) is 6.07 Å². The molecule has 27 heavy (non-hydrogen) atoms. The van der Waals surface area contributed by atoms with Crippen molar-refractivity contribution in [1.82, 2.24) is 19.6 Å². The molecule has 4 rings (SSSR count). The van der Waals surface area contributed by atoms with Gasteiger partial charge in [-0.2, -0.15) is 10.4 Å². The van der Waals surface area contributed by atoms with Gasteiger partial charge in [0, 0.05) is 0 Å². The zero-order valence-electron chi connectivity index (χ0n) is 15.0. The van der Waals surface area contributed by atoms with E-state index >= 15 is 0 Å². The molecule has 0 amide bonds. The highest BCUT2D eigenvalue weighted by Gasteiger charge is 2.61. The lowest BCUT2D eigenvalue weighted by Crippen LogP contribution is -2.42. The number of nitrogens with zero attached hydrogens (tertiary/aromatic N) is 5. The van der Waals surface area contributed by atoms with E-state index in [1.807, 2.05) is 0 Å². The summed E-state index contributed by atoms with van der Waals surface area (Å²) >= 11 is 0. The monoisotopic (exact) mass is 394 g/mol. The maximum absolute atomic E-state index is 12.8. The fraction of sp³-hybridized carbons (Fsp3) is 0.600. The summed E-state index contributed by atoms with van der Waals surface area (Å²) in [5.41, 5.74) is 5.52. The van der Waals surface area contributed by atoms with Gasteiger partial charge in [0.2, 0.25) is 0 Å². The molecule has 12 heteroatoms. The number of nitrogens with two attached hydrogens (primary N) is 1. The van der Waals surface area contributed by atoms with Gasteiger partial charge in [-0.25, -0.2) is 19.0 Å². The van der Waals surface area contributed by atoms with E-state index in [0.717, 1.165) is 0 Å². The van der Waals surface area contributed by atoms with Gasteiger partial charge in [-0.15, -0.1) is 0 Å². The maximum Gasteiger partial charge on any atom is 0.475 e. The molecular weight excluding hydrogens is 375 g/mol. The number of nitrogen functional groups attached to an aromatic ring is 1. The van der Waals surface area contributed by atoms with E-state index < -0.39 is 31.5 Å².